The van der Waals surface area contributed by atoms with Crippen LogP contribution in [0.15, 0.2) is 0 Å². The van der Waals surface area contributed by atoms with Gasteiger partial charge in [0, 0.05) is 18.5 Å². The van der Waals surface area contributed by atoms with Crippen molar-refractivity contribution in [1.29, 1.82) is 0 Å². The number of aryl methyl sites for hydroxylation is 1. The van der Waals surface area contributed by atoms with Crippen molar-refractivity contribution in [3.63, 3.8) is 0 Å². The fourth-order valence-corrected chi connectivity index (χ4v) is 2.07. The first-order valence-corrected chi connectivity index (χ1v) is 7.83. The molecular formula is C11H21N5O2S. The van der Waals surface area contributed by atoms with Crippen LogP contribution in [0.25, 0.3) is 0 Å². The topological polar surface area (TPSA) is 110 Å². The second kappa shape index (κ2) is 6.67. The highest BCUT2D eigenvalue weighted by molar-refractivity contribution is 7.89. The number of rotatable bonds is 7. The summed E-state index contributed by atoms with van der Waals surface area (Å²) < 4.78 is 24.9. The molecule has 1 heterocycles. The van der Waals surface area contributed by atoms with Crippen LogP contribution in [-0.4, -0.2) is 37.7 Å². The Labute approximate surface area is 114 Å². The van der Waals surface area contributed by atoms with E-state index >= 15 is 0 Å². The molecule has 0 amide bonds. The Morgan fingerprint density at radius 2 is 2.00 bits per heavy atom. The van der Waals surface area contributed by atoms with Gasteiger partial charge in [-0.1, -0.05) is 6.92 Å². The Morgan fingerprint density at radius 1 is 1.32 bits per heavy atom. The Balaban J connectivity index is 2.77. The van der Waals surface area contributed by atoms with Crippen molar-refractivity contribution >= 4 is 21.7 Å². The van der Waals surface area contributed by atoms with Crippen LogP contribution in [0.3, 0.4) is 0 Å². The number of nitrogens with one attached hydrogen (secondary N) is 2. The zero-order chi connectivity index (χ0) is 14.5. The average Bonchev–Trinajstić information content (AvgIpc) is 2.35. The summed E-state index contributed by atoms with van der Waals surface area (Å²) in [5.41, 5.74) is 6.55. The summed E-state index contributed by atoms with van der Waals surface area (Å²) in [5.74, 6) is 1.68. The smallest absolute Gasteiger partial charge is 0.213 e. The lowest BCUT2D eigenvalue weighted by molar-refractivity contribution is 0.588. The Kier molecular flexibility index (Phi) is 5.49. The monoisotopic (exact) mass is 287 g/mol. The molecule has 1 aromatic rings. The molecule has 0 spiro atoms. The fourth-order valence-electron chi connectivity index (χ4n) is 1.50. The van der Waals surface area contributed by atoms with Gasteiger partial charge >= 0.3 is 0 Å². The number of hydrogen-bond acceptors (Lipinski definition) is 6. The molecule has 0 bridgehead atoms. The van der Waals surface area contributed by atoms with Gasteiger partial charge in [0.2, 0.25) is 10.0 Å². The summed E-state index contributed by atoms with van der Waals surface area (Å²) in [5, 5.41) is 2.99. The second-order valence-electron chi connectivity index (χ2n) is 4.20. The normalized spacial score (nSPS) is 11.5. The minimum atomic E-state index is -3.22. The van der Waals surface area contributed by atoms with Crippen molar-refractivity contribution in [3.8, 4) is 0 Å². The van der Waals surface area contributed by atoms with Crippen LogP contribution < -0.4 is 15.8 Å². The zero-order valence-corrected chi connectivity index (χ0v) is 12.3. The van der Waals surface area contributed by atoms with Gasteiger partial charge < -0.3 is 11.1 Å². The van der Waals surface area contributed by atoms with Crippen LogP contribution >= 0.6 is 0 Å². The molecule has 0 aliphatic carbocycles. The maximum absolute atomic E-state index is 11.3. The van der Waals surface area contributed by atoms with E-state index in [2.05, 4.69) is 20.0 Å². The first-order valence-electron chi connectivity index (χ1n) is 6.17. The first-order chi connectivity index (χ1) is 8.89. The maximum Gasteiger partial charge on any atom is 0.213 e. The number of nitrogens with zero attached hydrogens (tertiary/aromatic N) is 2. The summed E-state index contributed by atoms with van der Waals surface area (Å²) in [6, 6.07) is 0. The van der Waals surface area contributed by atoms with Gasteiger partial charge in [0.05, 0.1) is 5.75 Å². The van der Waals surface area contributed by atoms with Gasteiger partial charge in [-0.05, 0) is 20.4 Å². The van der Waals surface area contributed by atoms with E-state index in [1.165, 1.54) is 7.05 Å². The molecule has 4 N–H and O–H groups in total. The van der Waals surface area contributed by atoms with Gasteiger partial charge in [0.25, 0.3) is 0 Å². The third-order valence-corrected chi connectivity index (χ3v) is 4.04. The lowest BCUT2D eigenvalue weighted by Gasteiger charge is -2.11. The number of sulfonamides is 1. The van der Waals surface area contributed by atoms with E-state index in [-0.39, 0.29) is 12.3 Å². The van der Waals surface area contributed by atoms with Gasteiger partial charge in [-0.2, -0.15) is 0 Å². The van der Waals surface area contributed by atoms with Gasteiger partial charge in [-0.15, -0.1) is 0 Å². The van der Waals surface area contributed by atoms with Crippen LogP contribution in [0.1, 0.15) is 24.7 Å². The minimum Gasteiger partial charge on any atom is -0.383 e. The van der Waals surface area contributed by atoms with Gasteiger partial charge in [-0.25, -0.2) is 23.1 Å². The van der Waals surface area contributed by atoms with E-state index in [0.29, 0.717) is 17.5 Å². The highest BCUT2D eigenvalue weighted by atomic mass is 32.2. The predicted octanol–water partition coefficient (Wildman–Crippen LogP) is 0.281. The third-order valence-electron chi connectivity index (χ3n) is 2.68. The van der Waals surface area contributed by atoms with Crippen molar-refractivity contribution in [2.75, 3.05) is 30.4 Å². The maximum atomic E-state index is 11.3. The van der Waals surface area contributed by atoms with Crippen LogP contribution in [0.2, 0.25) is 0 Å². The third kappa shape index (κ3) is 4.64. The Hall–Kier alpha value is -1.41. The minimum absolute atomic E-state index is 0.0179. The standard InChI is InChI=1S/C11H21N5O2S/c1-4-5-9-15-10(12)8(2)11(16-9)14-6-7-19(17,18)13-3/h13H,4-7H2,1-3H3,(H3,12,14,15,16). The molecule has 0 aromatic carbocycles. The summed E-state index contributed by atoms with van der Waals surface area (Å²) >= 11 is 0. The second-order valence-corrected chi connectivity index (χ2v) is 6.24. The summed E-state index contributed by atoms with van der Waals surface area (Å²) in [4.78, 5) is 8.54. The van der Waals surface area contributed by atoms with Crippen LogP contribution in [0.4, 0.5) is 11.6 Å². The van der Waals surface area contributed by atoms with E-state index in [0.717, 1.165) is 18.4 Å². The summed E-state index contributed by atoms with van der Waals surface area (Å²) in [6.45, 7) is 4.11. The largest absolute Gasteiger partial charge is 0.383 e. The van der Waals surface area contributed by atoms with Crippen molar-refractivity contribution in [1.82, 2.24) is 14.7 Å². The Morgan fingerprint density at radius 3 is 2.58 bits per heavy atom. The molecule has 7 nitrogen and oxygen atoms in total. The zero-order valence-electron chi connectivity index (χ0n) is 11.5. The molecule has 0 atom stereocenters. The average molecular weight is 287 g/mol. The van der Waals surface area contributed by atoms with E-state index < -0.39 is 10.0 Å². The lowest BCUT2D eigenvalue weighted by atomic mass is 10.2. The highest BCUT2D eigenvalue weighted by Crippen LogP contribution is 2.17. The van der Waals surface area contributed by atoms with Crippen LogP contribution in [-0.2, 0) is 16.4 Å². The molecule has 0 fully saturated rings. The molecule has 19 heavy (non-hydrogen) atoms. The summed E-state index contributed by atoms with van der Waals surface area (Å²) in [6.07, 6.45) is 1.67. The van der Waals surface area contributed by atoms with Crippen LogP contribution in [0.5, 0.6) is 0 Å². The predicted molar refractivity (Wildman–Crippen MR) is 76.5 cm³/mol. The van der Waals surface area contributed by atoms with Gasteiger partial charge in [0.1, 0.15) is 17.5 Å². The van der Waals surface area contributed by atoms with Crippen molar-refractivity contribution in [3.05, 3.63) is 11.4 Å². The molecule has 108 valence electrons. The Bertz CT molecular complexity index is 530. The molecule has 1 aromatic heterocycles. The van der Waals surface area contributed by atoms with E-state index in [1.54, 1.807) is 6.92 Å². The van der Waals surface area contributed by atoms with Crippen molar-refractivity contribution < 1.29 is 8.42 Å². The van der Waals surface area contributed by atoms with Gasteiger partial charge in [-0.3, -0.25) is 0 Å². The molecule has 0 aliphatic rings. The number of hydrogen-bond donors (Lipinski definition) is 3. The summed E-state index contributed by atoms with van der Waals surface area (Å²) in [7, 11) is -1.83. The lowest BCUT2D eigenvalue weighted by Crippen LogP contribution is -2.26. The molecule has 0 radical (unpaired) electrons. The molecule has 8 heteroatoms. The highest BCUT2D eigenvalue weighted by Gasteiger charge is 2.10. The molecule has 0 aliphatic heterocycles. The number of aromatic nitrogens is 2. The fraction of sp³-hybridized carbons (Fsp3) is 0.636. The van der Waals surface area contributed by atoms with E-state index in [1.807, 2.05) is 6.92 Å². The quantitative estimate of drug-likeness (QED) is 0.664. The van der Waals surface area contributed by atoms with E-state index in [4.69, 9.17) is 5.73 Å². The number of anilines is 2. The number of nitrogens with two attached hydrogens (primary N) is 1. The van der Waals surface area contributed by atoms with E-state index in [9.17, 15) is 8.42 Å². The molecular weight excluding hydrogens is 266 g/mol. The van der Waals surface area contributed by atoms with Crippen molar-refractivity contribution in [2.45, 2.75) is 26.7 Å². The molecule has 1 rings (SSSR count). The molecule has 0 saturated carbocycles. The SMILES string of the molecule is CCCc1nc(N)c(C)c(NCCS(=O)(=O)NC)n1. The molecule has 0 unspecified atom stereocenters. The van der Waals surface area contributed by atoms with Gasteiger partial charge in [0.15, 0.2) is 0 Å². The van der Waals surface area contributed by atoms with Crippen LogP contribution in [0, 0.1) is 6.92 Å². The van der Waals surface area contributed by atoms with Crippen molar-refractivity contribution in [2.24, 2.45) is 0 Å². The first kappa shape index (κ1) is 15.6. The number of nitrogen functional groups attached to an aromatic ring is 1. The molecule has 0 saturated heterocycles.